The van der Waals surface area contributed by atoms with E-state index >= 15 is 0 Å². The molecule has 1 atom stereocenters. The Balaban J connectivity index is 2.34. The van der Waals surface area contributed by atoms with Crippen LogP contribution in [0.3, 0.4) is 0 Å². The van der Waals surface area contributed by atoms with Crippen LogP contribution in [-0.2, 0) is 0 Å². The summed E-state index contributed by atoms with van der Waals surface area (Å²) in [6, 6.07) is 3.99. The average molecular weight is 274 g/mol. The van der Waals surface area contributed by atoms with Crippen molar-refractivity contribution in [1.82, 2.24) is 15.0 Å². The van der Waals surface area contributed by atoms with E-state index in [4.69, 9.17) is 10.3 Å². The summed E-state index contributed by atoms with van der Waals surface area (Å²) >= 11 is 0. The van der Waals surface area contributed by atoms with E-state index in [0.29, 0.717) is 18.3 Å². The summed E-state index contributed by atoms with van der Waals surface area (Å²) in [5, 5.41) is 4.01. The molecule has 0 saturated carbocycles. The SMILES string of the molecule is Cc1cc(C)c(-c2nc(C(N)CN(C)C)no2)c(C)c1. The van der Waals surface area contributed by atoms with Gasteiger partial charge >= 0.3 is 0 Å². The number of rotatable bonds is 4. The van der Waals surface area contributed by atoms with E-state index in [9.17, 15) is 0 Å². The van der Waals surface area contributed by atoms with Crippen LogP contribution in [-0.4, -0.2) is 35.7 Å². The van der Waals surface area contributed by atoms with Gasteiger partial charge in [0, 0.05) is 12.1 Å². The molecule has 0 spiro atoms. The molecule has 5 heteroatoms. The lowest BCUT2D eigenvalue weighted by atomic mass is 10.00. The first kappa shape index (κ1) is 14.7. The molecule has 0 amide bonds. The molecule has 0 saturated heterocycles. The molecule has 1 aromatic heterocycles. The maximum atomic E-state index is 6.06. The molecule has 5 nitrogen and oxygen atoms in total. The second-order valence-electron chi connectivity index (χ2n) is 5.60. The topological polar surface area (TPSA) is 68.2 Å². The van der Waals surface area contributed by atoms with Gasteiger partial charge in [-0.15, -0.1) is 0 Å². The van der Waals surface area contributed by atoms with Crippen molar-refractivity contribution in [2.75, 3.05) is 20.6 Å². The van der Waals surface area contributed by atoms with Gasteiger partial charge in [-0.2, -0.15) is 4.98 Å². The molecule has 2 aromatic rings. The molecule has 0 fully saturated rings. The maximum Gasteiger partial charge on any atom is 0.258 e. The van der Waals surface area contributed by atoms with E-state index in [2.05, 4.69) is 43.0 Å². The van der Waals surface area contributed by atoms with E-state index in [1.165, 1.54) is 5.56 Å². The van der Waals surface area contributed by atoms with Crippen LogP contribution in [0.4, 0.5) is 0 Å². The van der Waals surface area contributed by atoms with Gasteiger partial charge < -0.3 is 15.2 Å². The van der Waals surface area contributed by atoms with E-state index in [-0.39, 0.29) is 6.04 Å². The smallest absolute Gasteiger partial charge is 0.258 e. The Bertz CT molecular complexity index is 581. The number of benzene rings is 1. The third-order valence-electron chi connectivity index (χ3n) is 3.23. The van der Waals surface area contributed by atoms with Crippen LogP contribution < -0.4 is 5.73 Å². The highest BCUT2D eigenvalue weighted by Gasteiger charge is 2.18. The number of nitrogens with zero attached hydrogens (tertiary/aromatic N) is 3. The van der Waals surface area contributed by atoms with Crippen molar-refractivity contribution in [2.45, 2.75) is 26.8 Å². The fraction of sp³-hybridized carbons (Fsp3) is 0.467. The Kier molecular flexibility index (Phi) is 4.20. The number of likely N-dealkylation sites (N-methyl/N-ethyl adjacent to an activating group) is 1. The lowest BCUT2D eigenvalue weighted by molar-refractivity contribution is 0.357. The van der Waals surface area contributed by atoms with Gasteiger partial charge in [-0.05, 0) is 46.0 Å². The van der Waals surface area contributed by atoms with Gasteiger partial charge in [-0.1, -0.05) is 22.9 Å². The predicted octanol–water partition coefficient (Wildman–Crippen LogP) is 2.22. The van der Waals surface area contributed by atoms with Crippen LogP contribution in [0.2, 0.25) is 0 Å². The van der Waals surface area contributed by atoms with Gasteiger partial charge in [-0.3, -0.25) is 0 Å². The Hall–Kier alpha value is -1.72. The van der Waals surface area contributed by atoms with E-state index in [1.54, 1.807) is 0 Å². The fourth-order valence-corrected chi connectivity index (χ4v) is 2.48. The summed E-state index contributed by atoms with van der Waals surface area (Å²) < 4.78 is 5.40. The van der Waals surface area contributed by atoms with Crippen molar-refractivity contribution in [2.24, 2.45) is 5.73 Å². The van der Waals surface area contributed by atoms with Crippen molar-refractivity contribution in [3.05, 3.63) is 34.6 Å². The Labute approximate surface area is 119 Å². The van der Waals surface area contributed by atoms with Crippen molar-refractivity contribution in [1.29, 1.82) is 0 Å². The van der Waals surface area contributed by atoms with Crippen molar-refractivity contribution in [3.8, 4) is 11.5 Å². The first-order chi connectivity index (χ1) is 9.38. The van der Waals surface area contributed by atoms with E-state index < -0.39 is 0 Å². The number of aromatic nitrogens is 2. The number of hydrogen-bond acceptors (Lipinski definition) is 5. The first-order valence-electron chi connectivity index (χ1n) is 6.70. The predicted molar refractivity (Wildman–Crippen MR) is 79.4 cm³/mol. The molecule has 0 bridgehead atoms. The van der Waals surface area contributed by atoms with Gasteiger partial charge in [0.05, 0.1) is 6.04 Å². The number of hydrogen-bond donors (Lipinski definition) is 1. The molecule has 1 heterocycles. The molecule has 20 heavy (non-hydrogen) atoms. The quantitative estimate of drug-likeness (QED) is 0.926. The normalized spacial score (nSPS) is 12.9. The molecule has 1 unspecified atom stereocenters. The number of aryl methyl sites for hydroxylation is 3. The van der Waals surface area contributed by atoms with Crippen molar-refractivity contribution < 1.29 is 4.52 Å². The molecule has 0 aliphatic heterocycles. The van der Waals surface area contributed by atoms with Crippen LogP contribution in [0.15, 0.2) is 16.7 Å². The van der Waals surface area contributed by atoms with Gasteiger partial charge in [0.2, 0.25) is 0 Å². The third kappa shape index (κ3) is 3.05. The minimum atomic E-state index is -0.242. The zero-order chi connectivity index (χ0) is 14.9. The van der Waals surface area contributed by atoms with Crippen molar-refractivity contribution in [3.63, 3.8) is 0 Å². The Morgan fingerprint density at radius 1 is 1.20 bits per heavy atom. The van der Waals surface area contributed by atoms with Gasteiger partial charge in [0.25, 0.3) is 5.89 Å². The average Bonchev–Trinajstić information content (AvgIpc) is 2.75. The molecule has 0 aliphatic rings. The lowest BCUT2D eigenvalue weighted by Crippen LogP contribution is -2.26. The highest BCUT2D eigenvalue weighted by molar-refractivity contribution is 5.63. The summed E-state index contributed by atoms with van der Waals surface area (Å²) in [6.45, 7) is 6.87. The highest BCUT2D eigenvalue weighted by Crippen LogP contribution is 2.27. The second kappa shape index (κ2) is 5.73. The van der Waals surface area contributed by atoms with Gasteiger partial charge in [-0.25, -0.2) is 0 Å². The van der Waals surface area contributed by atoms with Crippen LogP contribution in [0.25, 0.3) is 11.5 Å². The summed E-state index contributed by atoms with van der Waals surface area (Å²) in [7, 11) is 3.93. The molecule has 2 rings (SSSR count). The van der Waals surface area contributed by atoms with Crippen LogP contribution in [0.1, 0.15) is 28.6 Å². The second-order valence-corrected chi connectivity index (χ2v) is 5.60. The van der Waals surface area contributed by atoms with Crippen molar-refractivity contribution >= 4 is 0 Å². The van der Waals surface area contributed by atoms with Crippen LogP contribution in [0.5, 0.6) is 0 Å². The zero-order valence-corrected chi connectivity index (χ0v) is 12.8. The van der Waals surface area contributed by atoms with Crippen LogP contribution >= 0.6 is 0 Å². The molecule has 0 radical (unpaired) electrons. The highest BCUT2D eigenvalue weighted by atomic mass is 16.5. The van der Waals surface area contributed by atoms with E-state index in [1.807, 2.05) is 19.0 Å². The zero-order valence-electron chi connectivity index (χ0n) is 12.8. The lowest BCUT2D eigenvalue weighted by Gasteiger charge is -2.13. The Morgan fingerprint density at radius 3 is 2.35 bits per heavy atom. The largest absolute Gasteiger partial charge is 0.334 e. The summed E-state index contributed by atoms with van der Waals surface area (Å²) in [5.74, 6) is 1.09. The summed E-state index contributed by atoms with van der Waals surface area (Å²) in [5.41, 5.74) is 10.6. The summed E-state index contributed by atoms with van der Waals surface area (Å²) in [6.07, 6.45) is 0. The third-order valence-corrected chi connectivity index (χ3v) is 3.23. The minimum absolute atomic E-state index is 0.242. The van der Waals surface area contributed by atoms with Gasteiger partial charge in [0.1, 0.15) is 0 Å². The molecular formula is C15H22N4O. The number of nitrogens with two attached hydrogens (primary N) is 1. The molecule has 108 valence electrons. The first-order valence-corrected chi connectivity index (χ1v) is 6.70. The van der Waals surface area contributed by atoms with Gasteiger partial charge in [0.15, 0.2) is 5.82 Å². The monoisotopic (exact) mass is 274 g/mol. The van der Waals surface area contributed by atoms with E-state index in [0.717, 1.165) is 16.7 Å². The summed E-state index contributed by atoms with van der Waals surface area (Å²) in [4.78, 5) is 6.46. The fourth-order valence-electron chi connectivity index (χ4n) is 2.48. The standard InChI is InChI=1S/C15H22N4O/c1-9-6-10(2)13(11(3)7-9)15-17-14(18-20-15)12(16)8-19(4)5/h6-7,12H,8,16H2,1-5H3. The molecule has 0 aliphatic carbocycles. The molecule has 2 N–H and O–H groups in total. The molecular weight excluding hydrogens is 252 g/mol. The van der Waals surface area contributed by atoms with Crippen LogP contribution in [0, 0.1) is 20.8 Å². The Morgan fingerprint density at radius 2 is 1.80 bits per heavy atom. The minimum Gasteiger partial charge on any atom is -0.334 e. The molecule has 1 aromatic carbocycles. The maximum absolute atomic E-state index is 6.06.